The number of hydrogen-bond donors (Lipinski definition) is 2. The molecule has 1 aliphatic rings. The van der Waals surface area contributed by atoms with Gasteiger partial charge in [-0.15, -0.1) is 0 Å². The van der Waals surface area contributed by atoms with E-state index in [2.05, 4.69) is 39.2 Å². The van der Waals surface area contributed by atoms with E-state index < -0.39 is 50.5 Å². The predicted octanol–water partition coefficient (Wildman–Crippen LogP) is 11.0. The number of imide groups is 1. The van der Waals surface area contributed by atoms with Crippen LogP contribution in [-0.4, -0.2) is 45.0 Å². The van der Waals surface area contributed by atoms with Gasteiger partial charge in [-0.05, 0) is 89.6 Å². The molecule has 1 saturated heterocycles. The maximum Gasteiger partial charge on any atom is 0.417 e. The highest BCUT2D eigenvalue weighted by atomic mass is 28.4. The van der Waals surface area contributed by atoms with Crippen LogP contribution >= 0.6 is 0 Å². The number of amides is 3. The molecule has 1 heterocycles. The average Bonchev–Trinajstić information content (AvgIpc) is 3.65. The number of nitrogens with zero attached hydrogens (tertiary/aromatic N) is 1. The molecule has 3 N–H and O–H groups in total. The Bertz CT molecular complexity index is 2270. The molecule has 5 aromatic carbocycles. The van der Waals surface area contributed by atoms with Gasteiger partial charge >= 0.3 is 12.2 Å². The van der Waals surface area contributed by atoms with Gasteiger partial charge in [0, 0.05) is 17.3 Å². The molecule has 0 spiro atoms. The molecular weight excluding hydrogens is 806 g/mol. The molecule has 5 aromatic rings. The summed E-state index contributed by atoms with van der Waals surface area (Å²) >= 11 is 0. The summed E-state index contributed by atoms with van der Waals surface area (Å²) in [5.41, 5.74) is 9.66. The monoisotopic (exact) mass is 861 g/mol. The summed E-state index contributed by atoms with van der Waals surface area (Å²) in [4.78, 5) is 42.0. The van der Waals surface area contributed by atoms with Crippen LogP contribution in [-0.2, 0) is 31.9 Å². The fraction of sp³-hybridized carbons (Fsp3) is 0.327. The molecular formula is C49H56FN3O8Si. The molecule has 0 saturated carbocycles. The van der Waals surface area contributed by atoms with E-state index in [0.29, 0.717) is 34.7 Å². The normalized spacial score (nSPS) is 15.6. The van der Waals surface area contributed by atoms with Crippen molar-refractivity contribution >= 4 is 32.1 Å². The zero-order valence-electron chi connectivity index (χ0n) is 36.1. The predicted molar refractivity (Wildman–Crippen MR) is 238 cm³/mol. The molecule has 11 nitrogen and oxygen atoms in total. The van der Waals surface area contributed by atoms with Gasteiger partial charge in [-0.25, -0.2) is 18.9 Å². The van der Waals surface area contributed by atoms with Crippen LogP contribution in [0.2, 0.25) is 18.1 Å². The number of rotatable bonds is 18. The summed E-state index contributed by atoms with van der Waals surface area (Å²) in [6, 6.07) is 36.6. The maximum absolute atomic E-state index is 15.6. The van der Waals surface area contributed by atoms with Gasteiger partial charge in [-0.1, -0.05) is 106 Å². The zero-order valence-corrected chi connectivity index (χ0v) is 37.1. The highest BCUT2D eigenvalue weighted by molar-refractivity contribution is 6.74. The van der Waals surface area contributed by atoms with E-state index in [4.69, 9.17) is 29.1 Å². The maximum atomic E-state index is 15.6. The van der Waals surface area contributed by atoms with E-state index in [9.17, 15) is 14.0 Å². The first kappa shape index (κ1) is 45.3. The first-order valence-corrected chi connectivity index (χ1v) is 23.6. The number of nitrogens with one attached hydrogen (secondary N) is 1. The number of ether oxygens (including phenoxy) is 4. The van der Waals surface area contributed by atoms with Crippen LogP contribution in [0.4, 0.5) is 19.7 Å². The van der Waals surface area contributed by atoms with E-state index in [1.165, 1.54) is 17.0 Å². The topological polar surface area (TPSA) is 139 Å². The minimum atomic E-state index is -2.44. The summed E-state index contributed by atoms with van der Waals surface area (Å²) in [6.07, 6.45) is -1.59. The second-order valence-electron chi connectivity index (χ2n) is 16.9. The highest BCUT2D eigenvalue weighted by Gasteiger charge is 2.46. The molecule has 1 aliphatic heterocycles. The molecule has 0 aromatic heterocycles. The third kappa shape index (κ3) is 11.4. The number of hydrogen-bond acceptors (Lipinski definition) is 9. The third-order valence-electron chi connectivity index (χ3n) is 11.7. The van der Waals surface area contributed by atoms with Crippen molar-refractivity contribution < 1.29 is 42.1 Å². The Morgan fingerprint density at radius 1 is 0.871 bits per heavy atom. The molecule has 0 radical (unpaired) electrons. The van der Waals surface area contributed by atoms with Crippen molar-refractivity contribution in [1.82, 2.24) is 4.90 Å². The summed E-state index contributed by atoms with van der Waals surface area (Å²) in [5, 5.41) is 3.49. The number of anilines is 1. The first-order chi connectivity index (χ1) is 29.6. The van der Waals surface area contributed by atoms with Crippen molar-refractivity contribution in [3.05, 3.63) is 161 Å². The minimum absolute atomic E-state index is 0.00506. The molecule has 1 fully saturated rings. The van der Waals surface area contributed by atoms with Gasteiger partial charge < -0.3 is 34.4 Å². The Morgan fingerprint density at radius 3 is 2.15 bits per heavy atom. The summed E-state index contributed by atoms with van der Waals surface area (Å²) in [6.45, 7) is 11.0. The van der Waals surface area contributed by atoms with E-state index in [0.717, 1.165) is 16.7 Å². The Labute approximate surface area is 364 Å². The number of carbonyl (C=O) groups excluding carboxylic acids is 3. The Hall–Kier alpha value is -6.18. The summed E-state index contributed by atoms with van der Waals surface area (Å²) in [7, 11) is -0.869. The van der Waals surface area contributed by atoms with E-state index in [-0.39, 0.29) is 37.1 Å². The van der Waals surface area contributed by atoms with Gasteiger partial charge in [0.1, 0.15) is 43.2 Å². The van der Waals surface area contributed by atoms with Crippen molar-refractivity contribution in [2.75, 3.05) is 19.0 Å². The van der Waals surface area contributed by atoms with Crippen LogP contribution in [0.3, 0.4) is 0 Å². The van der Waals surface area contributed by atoms with Crippen LogP contribution in [0.25, 0.3) is 0 Å². The Morgan fingerprint density at radius 2 is 1.52 bits per heavy atom. The molecule has 13 heteroatoms. The van der Waals surface area contributed by atoms with Crippen LogP contribution in [0, 0.1) is 11.7 Å². The van der Waals surface area contributed by atoms with E-state index in [1.807, 2.05) is 84.9 Å². The molecule has 3 amide bonds. The quantitative estimate of drug-likeness (QED) is 0.0824. The van der Waals surface area contributed by atoms with Crippen molar-refractivity contribution in [2.45, 2.75) is 83.1 Å². The van der Waals surface area contributed by atoms with Crippen molar-refractivity contribution in [1.29, 1.82) is 0 Å². The molecule has 4 atom stereocenters. The average molecular weight is 862 g/mol. The lowest BCUT2D eigenvalue weighted by Crippen LogP contribution is -2.43. The fourth-order valence-corrected chi connectivity index (χ4v) is 8.54. The number of benzene rings is 5. The molecule has 4 unspecified atom stereocenters. The summed E-state index contributed by atoms with van der Waals surface area (Å²) in [5.74, 6) is -0.759. The summed E-state index contributed by atoms with van der Waals surface area (Å²) < 4.78 is 44.3. The lowest BCUT2D eigenvalue weighted by molar-refractivity contribution is -0.134. The SMILES string of the molecule is COc1ccc(C(Nc2ccc(COC(N)=O)cc2)C(CCC(O[Si](C)(C)C(C)(C)C)c2ccc(F)cc2)C(=O)N2C(=O)OCC2c2ccccc2)c(OCc2ccccc2)c1. The zero-order chi connectivity index (χ0) is 44.4. The van der Waals surface area contributed by atoms with Crippen LogP contribution in [0.15, 0.2) is 127 Å². The molecule has 0 bridgehead atoms. The minimum Gasteiger partial charge on any atom is -0.497 e. The first-order valence-electron chi connectivity index (χ1n) is 20.7. The third-order valence-corrected chi connectivity index (χ3v) is 16.2. The fourth-order valence-electron chi connectivity index (χ4n) is 7.22. The number of methoxy groups -OCH3 is 1. The largest absolute Gasteiger partial charge is 0.497 e. The lowest BCUT2D eigenvalue weighted by atomic mass is 9.85. The standard InChI is InChI=1S/C49H56FN3O8Si/c1-49(2,3)62(5,6)61-43(36-19-21-37(50)22-20-36)28-27-41(46(54)53-42(32-60-48(53)56)35-15-11-8-12-16-35)45(52-38-23-17-34(18-24-38)31-59-47(51)55)40-26-25-39(57-4)29-44(40)58-30-33-13-9-7-10-14-33/h7-26,29,41-43,45,52H,27-28,30-32H2,1-6H3,(H2,51,55). The van der Waals surface area contributed by atoms with Gasteiger partial charge in [-0.3, -0.25) is 4.79 Å². The van der Waals surface area contributed by atoms with Gasteiger partial charge in [0.25, 0.3) is 0 Å². The van der Waals surface area contributed by atoms with Crippen LogP contribution in [0.1, 0.15) is 79.6 Å². The number of halogens is 1. The second-order valence-corrected chi connectivity index (χ2v) is 21.7. The van der Waals surface area contributed by atoms with Crippen molar-refractivity contribution in [3.63, 3.8) is 0 Å². The Balaban J connectivity index is 1.49. The van der Waals surface area contributed by atoms with Gasteiger partial charge in [-0.2, -0.15) is 0 Å². The van der Waals surface area contributed by atoms with Gasteiger partial charge in [0.15, 0.2) is 8.32 Å². The molecule has 326 valence electrons. The highest BCUT2D eigenvalue weighted by Crippen LogP contribution is 2.45. The van der Waals surface area contributed by atoms with Crippen LogP contribution in [0.5, 0.6) is 11.5 Å². The number of nitrogens with two attached hydrogens (primary N) is 1. The van der Waals surface area contributed by atoms with E-state index in [1.54, 1.807) is 37.4 Å². The number of carbonyl (C=O) groups is 3. The van der Waals surface area contributed by atoms with Gasteiger partial charge in [0.2, 0.25) is 5.91 Å². The lowest BCUT2D eigenvalue weighted by Gasteiger charge is -2.40. The second kappa shape index (κ2) is 20.1. The number of cyclic esters (lactones) is 1. The smallest absolute Gasteiger partial charge is 0.417 e. The van der Waals surface area contributed by atoms with E-state index >= 15 is 4.79 Å². The molecule has 0 aliphatic carbocycles. The van der Waals surface area contributed by atoms with Crippen molar-refractivity contribution in [2.24, 2.45) is 11.7 Å². The Kier molecular flexibility index (Phi) is 14.7. The number of primary amides is 1. The van der Waals surface area contributed by atoms with Gasteiger partial charge in [0.05, 0.1) is 25.2 Å². The molecule has 62 heavy (non-hydrogen) atoms. The molecule has 6 rings (SSSR count). The van der Waals surface area contributed by atoms with Crippen molar-refractivity contribution in [3.8, 4) is 11.5 Å². The van der Waals surface area contributed by atoms with Crippen LogP contribution < -0.4 is 20.5 Å².